The summed E-state index contributed by atoms with van der Waals surface area (Å²) >= 11 is 0. The van der Waals surface area contributed by atoms with Crippen molar-refractivity contribution in [3.8, 4) is 17.0 Å². The first-order chi connectivity index (χ1) is 23.6. The molecule has 2 aromatic heterocycles. The molecule has 4 aliphatic rings. The Hall–Kier alpha value is -4.41. The highest BCUT2D eigenvalue weighted by molar-refractivity contribution is 6.01. The molecule has 1 amide bonds. The first kappa shape index (κ1) is 31.8. The van der Waals surface area contributed by atoms with Crippen LogP contribution in [0.25, 0.3) is 22.2 Å². The molecule has 11 heteroatoms. The van der Waals surface area contributed by atoms with Gasteiger partial charge in [-0.25, -0.2) is 4.98 Å². The van der Waals surface area contributed by atoms with Gasteiger partial charge in [-0.3, -0.25) is 10.2 Å². The number of fused-ring (bicyclic) bond motifs is 1. The van der Waals surface area contributed by atoms with Crippen molar-refractivity contribution in [2.24, 2.45) is 11.3 Å². The van der Waals surface area contributed by atoms with Crippen molar-refractivity contribution < 1.29 is 27.2 Å². The van der Waals surface area contributed by atoms with E-state index in [0.29, 0.717) is 29.3 Å². The molecule has 2 aromatic carbocycles. The third-order valence-corrected chi connectivity index (χ3v) is 11.2. The summed E-state index contributed by atoms with van der Waals surface area (Å²) in [5.41, 5.74) is 2.96. The van der Waals surface area contributed by atoms with Crippen LogP contribution in [0, 0.1) is 16.7 Å². The van der Waals surface area contributed by atoms with Gasteiger partial charge in [0.15, 0.2) is 0 Å². The number of hydrogen-bond acceptors (Lipinski definition) is 7. The minimum absolute atomic E-state index is 0.108. The number of carbonyl (C=O) groups is 1. The zero-order valence-corrected chi connectivity index (χ0v) is 27.6. The fraction of sp³-hybridized carbons (Fsp3) is 0.474. The number of amides is 1. The summed E-state index contributed by atoms with van der Waals surface area (Å²) in [5, 5.41) is 12.6. The van der Waals surface area contributed by atoms with Crippen LogP contribution in [-0.4, -0.2) is 53.5 Å². The maximum atomic E-state index is 13.9. The molecule has 3 aliphatic carbocycles. The highest BCUT2D eigenvalue weighted by Crippen LogP contribution is 2.55. The Labute approximate surface area is 283 Å². The largest absolute Gasteiger partial charge is 0.490 e. The Bertz CT molecular complexity index is 1900. The molecule has 0 atom stereocenters. The molecule has 8 nitrogen and oxygen atoms in total. The molecule has 4 aromatic rings. The fourth-order valence-electron chi connectivity index (χ4n) is 8.07. The molecular formula is C38H40F3N5O3. The van der Waals surface area contributed by atoms with Gasteiger partial charge in [0.1, 0.15) is 22.9 Å². The molecule has 1 spiro atoms. The Kier molecular flexibility index (Phi) is 7.91. The molecule has 4 fully saturated rings. The number of nitrogens with one attached hydrogen (secondary N) is 1. The van der Waals surface area contributed by atoms with E-state index >= 15 is 0 Å². The van der Waals surface area contributed by atoms with Crippen LogP contribution in [0.4, 0.5) is 18.9 Å². The molecule has 1 saturated heterocycles. The van der Waals surface area contributed by atoms with E-state index in [1.807, 2.05) is 6.07 Å². The van der Waals surface area contributed by atoms with Gasteiger partial charge in [-0.05, 0) is 99.8 Å². The molecular weight excluding hydrogens is 631 g/mol. The molecule has 3 saturated carbocycles. The number of nitrogens with zero attached hydrogens (tertiary/aromatic N) is 4. The van der Waals surface area contributed by atoms with Gasteiger partial charge in [0.05, 0.1) is 23.5 Å². The Morgan fingerprint density at radius 3 is 2.53 bits per heavy atom. The van der Waals surface area contributed by atoms with Gasteiger partial charge in [-0.2, -0.15) is 13.2 Å². The van der Waals surface area contributed by atoms with Gasteiger partial charge >= 0.3 is 6.18 Å². The maximum Gasteiger partial charge on any atom is 0.417 e. The van der Waals surface area contributed by atoms with Crippen molar-refractivity contribution >= 4 is 28.8 Å². The van der Waals surface area contributed by atoms with E-state index in [-0.39, 0.29) is 34.6 Å². The highest BCUT2D eigenvalue weighted by atomic mass is 19.4. The number of carbonyl (C=O) groups excluding carboxylic acids is 1. The van der Waals surface area contributed by atoms with Crippen molar-refractivity contribution in [1.82, 2.24) is 15.0 Å². The number of benzene rings is 2. The number of ether oxygens (including phenoxy) is 1. The molecule has 256 valence electrons. The summed E-state index contributed by atoms with van der Waals surface area (Å²) in [6.45, 7) is 1.83. The van der Waals surface area contributed by atoms with Crippen LogP contribution >= 0.6 is 0 Å². The summed E-state index contributed by atoms with van der Waals surface area (Å²) in [4.78, 5) is 21.1. The van der Waals surface area contributed by atoms with E-state index in [1.54, 1.807) is 19.2 Å². The summed E-state index contributed by atoms with van der Waals surface area (Å²) in [6, 6.07) is 13.5. The number of aromatic nitrogens is 2. The van der Waals surface area contributed by atoms with Crippen molar-refractivity contribution in [3.63, 3.8) is 0 Å². The van der Waals surface area contributed by atoms with Crippen LogP contribution in [0.3, 0.4) is 0 Å². The highest BCUT2D eigenvalue weighted by Gasteiger charge is 2.47. The predicted molar refractivity (Wildman–Crippen MR) is 180 cm³/mol. The fourth-order valence-corrected chi connectivity index (χ4v) is 8.07. The monoisotopic (exact) mass is 671 g/mol. The van der Waals surface area contributed by atoms with Crippen LogP contribution < -0.4 is 9.64 Å². The van der Waals surface area contributed by atoms with E-state index in [9.17, 15) is 18.0 Å². The van der Waals surface area contributed by atoms with Gasteiger partial charge in [0.2, 0.25) is 0 Å². The second kappa shape index (κ2) is 12.2. The summed E-state index contributed by atoms with van der Waals surface area (Å²) < 4.78 is 53.9. The van der Waals surface area contributed by atoms with Crippen LogP contribution in [-0.2, 0) is 12.6 Å². The van der Waals surface area contributed by atoms with Crippen LogP contribution in [0.1, 0.15) is 91.1 Å². The lowest BCUT2D eigenvalue weighted by atomic mass is 9.56. The minimum Gasteiger partial charge on any atom is -0.490 e. The standard InChI is InChI=1S/C38H40F3N5O3/c1-45(22-42)36(47)32-19-33(48-26-5-4-6-26)28-18-25(11-12-31(28)43-32)46-15-13-37(14-16-46)20-23(21-37)17-29-34(44-49-35(29)24-9-10-24)27-7-2-3-8-30(27)38(39,40)41/h2-3,7-8,11-12,18-19,22-24,26,42H,4-6,9-10,13-17,20-21H2,1H3. The first-order valence-electron chi connectivity index (χ1n) is 17.4. The zero-order chi connectivity index (χ0) is 33.9. The zero-order valence-electron chi connectivity index (χ0n) is 27.6. The van der Waals surface area contributed by atoms with Gasteiger partial charge in [-0.1, -0.05) is 23.4 Å². The summed E-state index contributed by atoms with van der Waals surface area (Å²) in [7, 11) is 1.54. The summed E-state index contributed by atoms with van der Waals surface area (Å²) in [5.74, 6) is 1.74. The predicted octanol–water partition coefficient (Wildman–Crippen LogP) is 8.64. The second-order valence-electron chi connectivity index (χ2n) is 14.6. The molecule has 0 radical (unpaired) electrons. The number of halogens is 3. The topological polar surface area (TPSA) is 95.6 Å². The van der Waals surface area contributed by atoms with E-state index in [0.717, 1.165) is 106 Å². The average molecular weight is 672 g/mol. The van der Waals surface area contributed by atoms with Crippen molar-refractivity contribution in [2.75, 3.05) is 25.0 Å². The number of hydrogen-bond donors (Lipinski definition) is 1. The molecule has 1 N–H and O–H groups in total. The first-order valence-corrected chi connectivity index (χ1v) is 17.4. The number of pyridine rings is 1. The SMILES string of the molecule is CN(C=N)C(=O)c1cc(OC2CCC2)c2cc(N3CCC4(CC3)CC(Cc3c(-c5ccccc5C(F)(F)F)noc3C3CC3)C4)ccc2n1. The van der Waals surface area contributed by atoms with E-state index < -0.39 is 11.7 Å². The van der Waals surface area contributed by atoms with E-state index in [1.165, 1.54) is 17.0 Å². The van der Waals surface area contributed by atoms with Crippen LogP contribution in [0.15, 0.2) is 53.1 Å². The van der Waals surface area contributed by atoms with Gasteiger partial charge in [-0.15, -0.1) is 0 Å². The van der Waals surface area contributed by atoms with E-state index in [4.69, 9.17) is 14.7 Å². The van der Waals surface area contributed by atoms with Gasteiger partial charge < -0.3 is 19.1 Å². The Morgan fingerprint density at radius 2 is 1.86 bits per heavy atom. The molecule has 49 heavy (non-hydrogen) atoms. The second-order valence-corrected chi connectivity index (χ2v) is 14.6. The van der Waals surface area contributed by atoms with Crippen LogP contribution in [0.5, 0.6) is 5.75 Å². The molecule has 1 aliphatic heterocycles. The van der Waals surface area contributed by atoms with Crippen molar-refractivity contribution in [2.45, 2.75) is 82.4 Å². The average Bonchev–Trinajstić information content (AvgIpc) is 3.83. The van der Waals surface area contributed by atoms with Crippen molar-refractivity contribution in [1.29, 1.82) is 5.41 Å². The van der Waals surface area contributed by atoms with Crippen LogP contribution in [0.2, 0.25) is 0 Å². The Balaban J connectivity index is 0.967. The summed E-state index contributed by atoms with van der Waals surface area (Å²) in [6.07, 6.45) is 6.66. The van der Waals surface area contributed by atoms with E-state index in [2.05, 4.69) is 27.2 Å². The lowest BCUT2D eigenvalue weighted by molar-refractivity contribution is -0.137. The molecule has 3 heterocycles. The minimum atomic E-state index is -4.46. The third kappa shape index (κ3) is 6.06. The Morgan fingerprint density at radius 1 is 1.10 bits per heavy atom. The smallest absolute Gasteiger partial charge is 0.417 e. The van der Waals surface area contributed by atoms with Crippen molar-refractivity contribution in [3.05, 3.63) is 71.1 Å². The van der Waals surface area contributed by atoms with Gasteiger partial charge in [0.25, 0.3) is 5.91 Å². The number of alkyl halides is 3. The number of rotatable bonds is 9. The normalized spacial score (nSPS) is 19.5. The molecule has 8 rings (SSSR count). The number of anilines is 1. The van der Waals surface area contributed by atoms with Gasteiger partial charge in [0, 0.05) is 54.3 Å². The third-order valence-electron chi connectivity index (χ3n) is 11.2. The molecule has 0 unspecified atom stereocenters. The molecule has 0 bridgehead atoms. The maximum absolute atomic E-state index is 13.9. The lowest BCUT2D eigenvalue weighted by Gasteiger charge is -2.53. The quantitative estimate of drug-likeness (QED) is 0.141. The number of piperidine rings is 1. The lowest BCUT2D eigenvalue weighted by Crippen LogP contribution is -2.47.